The van der Waals surface area contributed by atoms with Crippen LogP contribution in [0.1, 0.15) is 50.4 Å². The summed E-state index contributed by atoms with van der Waals surface area (Å²) in [5.74, 6) is -0.0120. The fourth-order valence-electron chi connectivity index (χ4n) is 2.24. The zero-order valence-electron chi connectivity index (χ0n) is 12.8. The maximum Gasteiger partial charge on any atom is 0.412 e. The van der Waals surface area contributed by atoms with Gasteiger partial charge in [0, 0.05) is 13.1 Å². The van der Waals surface area contributed by atoms with Crippen LogP contribution in [0.4, 0.5) is 9.80 Å². The molecule has 0 bridgehead atoms. The molecule has 2 heterocycles. The van der Waals surface area contributed by atoms with Crippen molar-refractivity contribution in [2.75, 3.05) is 18.4 Å². The van der Waals surface area contributed by atoms with Gasteiger partial charge in [-0.3, -0.25) is 10.1 Å². The van der Waals surface area contributed by atoms with Gasteiger partial charge in [-0.05, 0) is 51.5 Å². The summed E-state index contributed by atoms with van der Waals surface area (Å²) in [5.41, 5.74) is -0.00831. The van der Waals surface area contributed by atoms with Gasteiger partial charge < -0.3 is 9.64 Å². The monoisotopic (exact) mass is 310 g/mol. The molecule has 1 aromatic rings. The summed E-state index contributed by atoms with van der Waals surface area (Å²) in [6.45, 7) is 7.00. The highest BCUT2D eigenvalue weighted by Gasteiger charge is 2.23. The summed E-state index contributed by atoms with van der Waals surface area (Å²) < 4.78 is 5.22. The molecular weight excluding hydrogens is 288 g/mol. The standard InChI is InChI=1S/C15H22N2O3S/c1-15(2,3)20-14(19)16-12-11(7-10-21-12)13(18)17-8-5-4-6-9-17/h7,10H,4-6,8-9H2,1-3H3,(H,16,19). The van der Waals surface area contributed by atoms with E-state index in [4.69, 9.17) is 4.74 Å². The van der Waals surface area contributed by atoms with E-state index < -0.39 is 11.7 Å². The Morgan fingerprint density at radius 3 is 2.52 bits per heavy atom. The van der Waals surface area contributed by atoms with Crippen molar-refractivity contribution < 1.29 is 14.3 Å². The Kier molecular flexibility index (Phi) is 4.88. The number of hydrogen-bond acceptors (Lipinski definition) is 4. The topological polar surface area (TPSA) is 58.6 Å². The minimum atomic E-state index is -0.557. The van der Waals surface area contributed by atoms with Crippen LogP contribution in [0, 0.1) is 0 Å². The van der Waals surface area contributed by atoms with E-state index in [1.807, 2.05) is 10.3 Å². The molecule has 1 aliphatic heterocycles. The predicted molar refractivity (Wildman–Crippen MR) is 83.9 cm³/mol. The molecule has 2 amide bonds. The van der Waals surface area contributed by atoms with Crippen LogP contribution < -0.4 is 5.32 Å². The molecule has 0 radical (unpaired) electrons. The third-order valence-corrected chi connectivity index (χ3v) is 3.98. The number of rotatable bonds is 2. The summed E-state index contributed by atoms with van der Waals surface area (Å²) in [6, 6.07) is 1.76. The lowest BCUT2D eigenvalue weighted by Gasteiger charge is -2.26. The number of nitrogens with zero attached hydrogens (tertiary/aromatic N) is 1. The molecule has 0 aliphatic carbocycles. The van der Waals surface area contributed by atoms with Crippen molar-refractivity contribution >= 4 is 28.3 Å². The SMILES string of the molecule is CC(C)(C)OC(=O)Nc1sccc1C(=O)N1CCCCC1. The van der Waals surface area contributed by atoms with Crippen LogP contribution in [-0.4, -0.2) is 35.6 Å². The first-order valence-corrected chi connectivity index (χ1v) is 8.11. The van der Waals surface area contributed by atoms with Gasteiger partial charge >= 0.3 is 6.09 Å². The van der Waals surface area contributed by atoms with Crippen molar-refractivity contribution in [2.24, 2.45) is 0 Å². The molecule has 21 heavy (non-hydrogen) atoms. The maximum absolute atomic E-state index is 12.5. The van der Waals surface area contributed by atoms with Crippen molar-refractivity contribution in [1.29, 1.82) is 0 Å². The van der Waals surface area contributed by atoms with Crippen LogP contribution in [0.2, 0.25) is 0 Å². The number of carbonyl (C=O) groups is 2. The molecule has 2 rings (SSSR count). The van der Waals surface area contributed by atoms with E-state index in [1.165, 1.54) is 17.8 Å². The second-order valence-electron chi connectivity index (χ2n) is 6.14. The van der Waals surface area contributed by atoms with Gasteiger partial charge in [-0.2, -0.15) is 0 Å². The van der Waals surface area contributed by atoms with Gasteiger partial charge in [-0.15, -0.1) is 11.3 Å². The fourth-order valence-corrected chi connectivity index (χ4v) is 3.00. The summed E-state index contributed by atoms with van der Waals surface area (Å²) in [5, 5.41) is 5.04. The Bertz CT molecular complexity index is 513. The van der Waals surface area contributed by atoms with E-state index in [1.54, 1.807) is 26.8 Å². The Labute approximate surface area is 129 Å². The Hall–Kier alpha value is -1.56. The molecule has 1 fully saturated rings. The first-order chi connectivity index (χ1) is 9.87. The second-order valence-corrected chi connectivity index (χ2v) is 7.06. The normalized spacial score (nSPS) is 15.7. The second kappa shape index (κ2) is 6.47. The number of anilines is 1. The Morgan fingerprint density at radius 1 is 1.24 bits per heavy atom. The summed E-state index contributed by atoms with van der Waals surface area (Å²) >= 11 is 1.34. The van der Waals surface area contributed by atoms with Crippen molar-refractivity contribution in [3.05, 3.63) is 17.0 Å². The largest absolute Gasteiger partial charge is 0.444 e. The van der Waals surface area contributed by atoms with Gasteiger partial charge in [0.2, 0.25) is 0 Å². The quantitative estimate of drug-likeness (QED) is 0.905. The van der Waals surface area contributed by atoms with Crippen molar-refractivity contribution in [1.82, 2.24) is 4.90 Å². The zero-order valence-corrected chi connectivity index (χ0v) is 13.6. The lowest BCUT2D eigenvalue weighted by Crippen LogP contribution is -2.36. The average Bonchev–Trinajstić information content (AvgIpc) is 2.84. The van der Waals surface area contributed by atoms with Gasteiger partial charge in [0.15, 0.2) is 0 Å². The highest BCUT2D eigenvalue weighted by Crippen LogP contribution is 2.26. The van der Waals surface area contributed by atoms with Crippen LogP contribution in [0.15, 0.2) is 11.4 Å². The van der Waals surface area contributed by atoms with Crippen LogP contribution >= 0.6 is 11.3 Å². The van der Waals surface area contributed by atoms with Gasteiger partial charge in [0.1, 0.15) is 10.6 Å². The number of likely N-dealkylation sites (tertiary alicyclic amines) is 1. The van der Waals surface area contributed by atoms with E-state index in [2.05, 4.69) is 5.32 Å². The number of carbonyl (C=O) groups excluding carboxylic acids is 2. The molecule has 5 nitrogen and oxygen atoms in total. The maximum atomic E-state index is 12.5. The number of piperidine rings is 1. The van der Waals surface area contributed by atoms with E-state index in [0.29, 0.717) is 10.6 Å². The number of ether oxygens (including phenoxy) is 1. The van der Waals surface area contributed by atoms with Crippen molar-refractivity contribution in [2.45, 2.75) is 45.6 Å². The lowest BCUT2D eigenvalue weighted by molar-refractivity contribution is 0.0636. The number of amides is 2. The van der Waals surface area contributed by atoms with Gasteiger partial charge in [-0.25, -0.2) is 4.79 Å². The first-order valence-electron chi connectivity index (χ1n) is 7.23. The summed E-state index contributed by atoms with van der Waals surface area (Å²) in [7, 11) is 0. The Morgan fingerprint density at radius 2 is 1.90 bits per heavy atom. The van der Waals surface area contributed by atoms with Crippen LogP contribution in [0.25, 0.3) is 0 Å². The molecule has 1 aliphatic rings. The number of hydrogen-bond donors (Lipinski definition) is 1. The molecule has 116 valence electrons. The highest BCUT2D eigenvalue weighted by atomic mass is 32.1. The minimum Gasteiger partial charge on any atom is -0.444 e. The van der Waals surface area contributed by atoms with Crippen LogP contribution in [0.3, 0.4) is 0 Å². The average molecular weight is 310 g/mol. The lowest BCUT2D eigenvalue weighted by atomic mass is 10.1. The molecule has 0 spiro atoms. The molecular formula is C15H22N2O3S. The highest BCUT2D eigenvalue weighted by molar-refractivity contribution is 7.14. The molecule has 0 aromatic carbocycles. The molecule has 0 saturated carbocycles. The zero-order chi connectivity index (χ0) is 15.5. The third-order valence-electron chi connectivity index (χ3n) is 3.15. The van der Waals surface area contributed by atoms with Crippen molar-refractivity contribution in [3.8, 4) is 0 Å². The molecule has 1 N–H and O–H groups in total. The van der Waals surface area contributed by atoms with E-state index in [-0.39, 0.29) is 5.91 Å². The first kappa shape index (κ1) is 15.8. The molecule has 0 atom stereocenters. The van der Waals surface area contributed by atoms with Gasteiger partial charge in [0.25, 0.3) is 5.91 Å². The van der Waals surface area contributed by atoms with E-state index in [0.717, 1.165) is 25.9 Å². The number of thiophene rings is 1. The van der Waals surface area contributed by atoms with E-state index in [9.17, 15) is 9.59 Å². The molecule has 6 heteroatoms. The molecule has 0 unspecified atom stereocenters. The smallest absolute Gasteiger partial charge is 0.412 e. The van der Waals surface area contributed by atoms with Gasteiger partial charge in [-0.1, -0.05) is 0 Å². The summed E-state index contributed by atoms with van der Waals surface area (Å²) in [6.07, 6.45) is 2.74. The van der Waals surface area contributed by atoms with Crippen molar-refractivity contribution in [3.63, 3.8) is 0 Å². The van der Waals surface area contributed by atoms with Gasteiger partial charge in [0.05, 0.1) is 5.56 Å². The van der Waals surface area contributed by atoms with Crippen LogP contribution in [0.5, 0.6) is 0 Å². The van der Waals surface area contributed by atoms with E-state index >= 15 is 0 Å². The molecule has 1 saturated heterocycles. The fraction of sp³-hybridized carbons (Fsp3) is 0.600. The minimum absolute atomic E-state index is 0.0120. The third kappa shape index (κ3) is 4.46. The predicted octanol–water partition coefficient (Wildman–Crippen LogP) is 3.72. The van der Waals surface area contributed by atoms with Crippen LogP contribution in [-0.2, 0) is 4.74 Å². The summed E-state index contributed by atoms with van der Waals surface area (Å²) in [4.78, 5) is 26.2. The number of nitrogens with one attached hydrogen (secondary N) is 1. The Balaban J connectivity index is 2.04. The molecule has 1 aromatic heterocycles.